The quantitative estimate of drug-likeness (QED) is 0.380. The molecule has 0 aliphatic rings. The molecule has 1 atom stereocenters. The van der Waals surface area contributed by atoms with Crippen LogP contribution < -0.4 is 16.0 Å². The molecule has 3 aromatic rings. The number of hydrogen-bond donors (Lipinski definition) is 4. The molecular weight excluding hydrogens is 415 g/mol. The van der Waals surface area contributed by atoms with Crippen molar-refractivity contribution in [1.29, 1.82) is 0 Å². The van der Waals surface area contributed by atoms with Crippen LogP contribution in [-0.2, 0) is 17.9 Å². The van der Waals surface area contributed by atoms with E-state index in [0.29, 0.717) is 5.69 Å². The van der Waals surface area contributed by atoms with Gasteiger partial charge in [-0.2, -0.15) is 10.1 Å². The van der Waals surface area contributed by atoms with E-state index in [1.165, 1.54) is 23.1 Å². The van der Waals surface area contributed by atoms with Gasteiger partial charge in [0.2, 0.25) is 11.9 Å². The van der Waals surface area contributed by atoms with Gasteiger partial charge in [0.1, 0.15) is 18.2 Å². The molecule has 1 aromatic carbocycles. The second-order valence-electron chi connectivity index (χ2n) is 6.64. The fourth-order valence-corrected chi connectivity index (χ4v) is 2.58. The van der Waals surface area contributed by atoms with E-state index in [1.807, 2.05) is 0 Å². The predicted octanol–water partition coefficient (Wildman–Crippen LogP) is 1.94. The van der Waals surface area contributed by atoms with Crippen LogP contribution in [0.2, 0.25) is 0 Å². The highest BCUT2D eigenvalue weighted by Crippen LogP contribution is 2.18. The van der Waals surface area contributed by atoms with Crippen molar-refractivity contribution in [1.82, 2.24) is 25.1 Å². The summed E-state index contributed by atoms with van der Waals surface area (Å²) in [5, 5.41) is 21.2. The highest BCUT2D eigenvalue weighted by molar-refractivity contribution is 5.76. The molecule has 1 amide bonds. The van der Waals surface area contributed by atoms with Gasteiger partial charge in [0.15, 0.2) is 11.6 Å². The van der Waals surface area contributed by atoms with Gasteiger partial charge < -0.3 is 21.1 Å². The van der Waals surface area contributed by atoms with E-state index >= 15 is 0 Å². The van der Waals surface area contributed by atoms with E-state index < -0.39 is 23.0 Å². The van der Waals surface area contributed by atoms with Crippen LogP contribution >= 0.6 is 0 Å². The Kier molecular flexibility index (Phi) is 7.03. The first kappa shape index (κ1) is 22.0. The molecule has 31 heavy (non-hydrogen) atoms. The van der Waals surface area contributed by atoms with Crippen LogP contribution in [-0.4, -0.2) is 43.4 Å². The molecule has 0 bridgehead atoms. The van der Waals surface area contributed by atoms with Crippen LogP contribution in [0.15, 0.2) is 36.8 Å². The molecule has 0 aliphatic heterocycles. The average Bonchev–Trinajstić information content (AvgIpc) is 3.17. The minimum Gasteiger partial charge on any atom is -0.394 e. The Morgan fingerprint density at radius 2 is 2.00 bits per heavy atom. The summed E-state index contributed by atoms with van der Waals surface area (Å²) in [4.78, 5) is 20.1. The fraction of sp³-hybridized carbons (Fsp3) is 0.263. The van der Waals surface area contributed by atoms with Gasteiger partial charge in [-0.3, -0.25) is 9.48 Å². The van der Waals surface area contributed by atoms with Crippen molar-refractivity contribution < 1.29 is 23.1 Å². The topological polar surface area (TPSA) is 117 Å². The summed E-state index contributed by atoms with van der Waals surface area (Å²) >= 11 is 0. The number of nitrogens with zero attached hydrogens (tertiary/aromatic N) is 4. The Hall–Kier alpha value is -3.67. The molecule has 0 saturated heterocycles. The Morgan fingerprint density at radius 3 is 2.77 bits per heavy atom. The maximum absolute atomic E-state index is 13.8. The summed E-state index contributed by atoms with van der Waals surface area (Å²) < 4.78 is 42.2. The van der Waals surface area contributed by atoms with Gasteiger partial charge in [0, 0.05) is 30.5 Å². The Bertz CT molecular complexity index is 1060. The lowest BCUT2D eigenvalue weighted by molar-refractivity contribution is -0.122. The molecule has 0 unspecified atom stereocenters. The van der Waals surface area contributed by atoms with Crippen LogP contribution in [0, 0.1) is 17.5 Å². The summed E-state index contributed by atoms with van der Waals surface area (Å²) in [6, 6.07) is 2.69. The van der Waals surface area contributed by atoms with Crippen molar-refractivity contribution in [2.45, 2.75) is 26.1 Å². The number of benzene rings is 1. The molecule has 2 heterocycles. The van der Waals surface area contributed by atoms with Crippen molar-refractivity contribution in [3.63, 3.8) is 0 Å². The summed E-state index contributed by atoms with van der Waals surface area (Å²) in [6.07, 6.45) is 4.44. The first-order valence-corrected chi connectivity index (χ1v) is 9.24. The van der Waals surface area contributed by atoms with Gasteiger partial charge in [0.25, 0.3) is 0 Å². The lowest BCUT2D eigenvalue weighted by Crippen LogP contribution is -2.37. The predicted molar refractivity (Wildman–Crippen MR) is 106 cm³/mol. The summed E-state index contributed by atoms with van der Waals surface area (Å²) in [6.45, 7) is 1.14. The van der Waals surface area contributed by atoms with Crippen LogP contribution in [0.4, 0.5) is 30.6 Å². The SMILES string of the molecule is C[C@H](CO)NC(=O)Cn1cc(Nc2nccc(NCc3c(F)ccc(F)c3F)n2)cn1. The summed E-state index contributed by atoms with van der Waals surface area (Å²) in [5.74, 6) is -3.16. The van der Waals surface area contributed by atoms with Gasteiger partial charge >= 0.3 is 0 Å². The van der Waals surface area contributed by atoms with E-state index in [2.05, 4.69) is 31.0 Å². The van der Waals surface area contributed by atoms with Gasteiger partial charge in [-0.25, -0.2) is 18.2 Å². The lowest BCUT2D eigenvalue weighted by atomic mass is 10.2. The number of amides is 1. The number of carbonyl (C=O) groups is 1. The van der Waals surface area contributed by atoms with Crippen molar-refractivity contribution >= 4 is 23.4 Å². The molecule has 9 nitrogen and oxygen atoms in total. The molecule has 3 rings (SSSR count). The fourth-order valence-electron chi connectivity index (χ4n) is 2.58. The van der Waals surface area contributed by atoms with Crippen LogP contribution in [0.25, 0.3) is 0 Å². The van der Waals surface area contributed by atoms with Crippen LogP contribution in [0.3, 0.4) is 0 Å². The Morgan fingerprint density at radius 1 is 1.23 bits per heavy atom. The zero-order chi connectivity index (χ0) is 22.4. The van der Waals surface area contributed by atoms with E-state index in [9.17, 15) is 18.0 Å². The molecule has 164 valence electrons. The molecule has 4 N–H and O–H groups in total. The minimum atomic E-state index is -1.26. The van der Waals surface area contributed by atoms with E-state index in [-0.39, 0.29) is 43.4 Å². The number of carbonyl (C=O) groups excluding carboxylic acids is 1. The summed E-state index contributed by atoms with van der Waals surface area (Å²) in [5.41, 5.74) is 0.0607. The van der Waals surface area contributed by atoms with Gasteiger partial charge in [-0.1, -0.05) is 0 Å². The number of halogens is 3. The maximum Gasteiger partial charge on any atom is 0.242 e. The molecule has 0 aliphatic carbocycles. The van der Waals surface area contributed by atoms with E-state index in [0.717, 1.165) is 12.1 Å². The number of aliphatic hydroxyl groups excluding tert-OH is 1. The number of aromatic nitrogens is 4. The minimum absolute atomic E-state index is 0.0424. The Balaban J connectivity index is 1.61. The first-order chi connectivity index (χ1) is 14.9. The number of anilines is 3. The van der Waals surface area contributed by atoms with Crippen LogP contribution in [0.5, 0.6) is 0 Å². The number of rotatable bonds is 9. The zero-order valence-electron chi connectivity index (χ0n) is 16.4. The molecule has 0 saturated carbocycles. The third kappa shape index (κ3) is 5.92. The first-order valence-electron chi connectivity index (χ1n) is 9.24. The monoisotopic (exact) mass is 435 g/mol. The van der Waals surface area contributed by atoms with Crippen molar-refractivity contribution in [2.24, 2.45) is 0 Å². The van der Waals surface area contributed by atoms with E-state index in [1.54, 1.807) is 13.1 Å². The van der Waals surface area contributed by atoms with E-state index in [4.69, 9.17) is 5.11 Å². The van der Waals surface area contributed by atoms with Gasteiger partial charge in [-0.05, 0) is 25.1 Å². The average molecular weight is 435 g/mol. The van der Waals surface area contributed by atoms with Crippen molar-refractivity contribution in [2.75, 3.05) is 17.2 Å². The molecule has 2 aromatic heterocycles. The molecule has 0 radical (unpaired) electrons. The number of aliphatic hydroxyl groups is 1. The van der Waals surface area contributed by atoms with Crippen molar-refractivity contribution in [3.05, 3.63) is 59.8 Å². The normalized spacial score (nSPS) is 11.8. The lowest BCUT2D eigenvalue weighted by Gasteiger charge is -2.10. The zero-order valence-corrected chi connectivity index (χ0v) is 16.4. The Labute approximate surface area is 175 Å². The van der Waals surface area contributed by atoms with Gasteiger partial charge in [-0.15, -0.1) is 0 Å². The second-order valence-corrected chi connectivity index (χ2v) is 6.64. The molecular formula is C19H20F3N7O2. The molecule has 0 spiro atoms. The summed E-state index contributed by atoms with van der Waals surface area (Å²) in [7, 11) is 0. The molecule has 0 fully saturated rings. The maximum atomic E-state index is 13.8. The largest absolute Gasteiger partial charge is 0.394 e. The third-order valence-electron chi connectivity index (χ3n) is 4.12. The second kappa shape index (κ2) is 9.89. The number of nitrogens with one attached hydrogen (secondary N) is 3. The third-order valence-corrected chi connectivity index (χ3v) is 4.12. The number of hydrogen-bond acceptors (Lipinski definition) is 7. The van der Waals surface area contributed by atoms with Gasteiger partial charge in [0.05, 0.1) is 18.5 Å². The van der Waals surface area contributed by atoms with Crippen LogP contribution in [0.1, 0.15) is 12.5 Å². The van der Waals surface area contributed by atoms with Crippen molar-refractivity contribution in [3.8, 4) is 0 Å². The highest BCUT2D eigenvalue weighted by Gasteiger charge is 2.14. The smallest absolute Gasteiger partial charge is 0.242 e. The standard InChI is InChI=1S/C19H20F3N7O2/c1-11(10-30)26-17(31)9-29-8-12(6-25-29)27-19-23-5-4-16(28-19)24-7-13-14(20)2-3-15(21)18(13)22/h2-6,8,11,30H,7,9-10H2,1H3,(H,26,31)(H2,23,24,27,28)/t11-/m1/s1. The molecule has 12 heteroatoms. The highest BCUT2D eigenvalue weighted by atomic mass is 19.2.